The lowest BCUT2D eigenvalue weighted by molar-refractivity contribution is -0.119. The van der Waals surface area contributed by atoms with E-state index < -0.39 is 0 Å². The van der Waals surface area contributed by atoms with E-state index in [2.05, 4.69) is 35.9 Å². The molecule has 0 spiro atoms. The Morgan fingerprint density at radius 3 is 2.89 bits per heavy atom. The maximum Gasteiger partial charge on any atom is 0.229 e. The number of nitrogens with zero attached hydrogens (tertiary/aromatic N) is 4. The second-order valence-electron chi connectivity index (χ2n) is 7.17. The van der Waals surface area contributed by atoms with E-state index in [-0.39, 0.29) is 11.8 Å². The molecule has 0 aliphatic carbocycles. The van der Waals surface area contributed by atoms with E-state index >= 15 is 0 Å². The molecule has 2 saturated heterocycles. The zero-order valence-corrected chi connectivity index (χ0v) is 15.7. The van der Waals surface area contributed by atoms with Gasteiger partial charge in [-0.3, -0.25) is 4.79 Å². The Morgan fingerprint density at radius 2 is 2.07 bits per heavy atom. The number of nitrogens with one attached hydrogen (secondary N) is 3. The molecule has 3 N–H and O–H groups in total. The number of carbonyl (C=O) groups is 1. The molecular weight excluding hydrogens is 358 g/mol. The average molecular weight is 383 g/mol. The Balaban J connectivity index is 1.41. The van der Waals surface area contributed by atoms with Gasteiger partial charge >= 0.3 is 0 Å². The maximum atomic E-state index is 12.3. The highest BCUT2D eigenvalue weighted by Crippen LogP contribution is 2.19. The van der Waals surface area contributed by atoms with E-state index in [0.717, 1.165) is 51.4 Å². The summed E-state index contributed by atoms with van der Waals surface area (Å²) in [5.41, 5.74) is 0.574. The number of ether oxygens (including phenoxy) is 1. The van der Waals surface area contributed by atoms with Crippen LogP contribution in [0.4, 0.5) is 11.6 Å². The minimum atomic E-state index is -0.0255. The smallest absolute Gasteiger partial charge is 0.229 e. The molecule has 1 atom stereocenters. The molecule has 4 rings (SSSR count). The van der Waals surface area contributed by atoms with Crippen molar-refractivity contribution < 1.29 is 9.53 Å². The molecule has 2 aromatic heterocycles. The molecule has 2 aromatic rings. The Kier molecular flexibility index (Phi) is 6.03. The molecule has 2 aliphatic heterocycles. The van der Waals surface area contributed by atoms with Gasteiger partial charge in [0, 0.05) is 38.6 Å². The number of aromatic nitrogens is 4. The molecular formula is C19H25N7O2. The largest absolute Gasteiger partial charge is 0.381 e. The van der Waals surface area contributed by atoms with Crippen molar-refractivity contribution in [2.75, 3.05) is 43.5 Å². The minimum Gasteiger partial charge on any atom is -0.381 e. The van der Waals surface area contributed by atoms with Crippen molar-refractivity contribution in [3.05, 3.63) is 24.7 Å². The fraction of sp³-hybridized carbons (Fsp3) is 0.526. The molecule has 0 aromatic carbocycles. The van der Waals surface area contributed by atoms with Crippen LogP contribution < -0.4 is 16.0 Å². The quantitative estimate of drug-likeness (QED) is 0.684. The van der Waals surface area contributed by atoms with E-state index in [1.807, 2.05) is 6.07 Å². The SMILES string of the molecule is O=C(Nc1cc(-c2nccc(NCC3CCOCC3)n2)ncn1)[C@@H]1CCNC1. The Bertz CT molecular complexity index is 804. The Morgan fingerprint density at radius 1 is 1.18 bits per heavy atom. The molecule has 0 radical (unpaired) electrons. The molecule has 1 amide bonds. The normalized spacial score (nSPS) is 20.1. The average Bonchev–Trinajstić information content (AvgIpc) is 3.29. The summed E-state index contributed by atoms with van der Waals surface area (Å²) in [5.74, 6) is 2.27. The van der Waals surface area contributed by atoms with E-state index in [1.165, 1.54) is 6.33 Å². The Hall–Kier alpha value is -2.65. The third kappa shape index (κ3) is 4.79. The van der Waals surface area contributed by atoms with Gasteiger partial charge in [-0.25, -0.2) is 19.9 Å². The molecule has 0 unspecified atom stereocenters. The highest BCUT2D eigenvalue weighted by molar-refractivity contribution is 5.92. The van der Waals surface area contributed by atoms with E-state index in [1.54, 1.807) is 12.3 Å². The fourth-order valence-electron chi connectivity index (χ4n) is 3.43. The number of amides is 1. The van der Waals surface area contributed by atoms with E-state index in [0.29, 0.717) is 29.8 Å². The molecule has 9 heteroatoms. The monoisotopic (exact) mass is 383 g/mol. The first-order valence-electron chi connectivity index (χ1n) is 9.76. The van der Waals surface area contributed by atoms with Crippen LogP contribution >= 0.6 is 0 Å². The maximum absolute atomic E-state index is 12.3. The van der Waals surface area contributed by atoms with Crippen LogP contribution in [0.15, 0.2) is 24.7 Å². The van der Waals surface area contributed by atoms with Crippen molar-refractivity contribution in [1.82, 2.24) is 25.3 Å². The van der Waals surface area contributed by atoms with Crippen LogP contribution in [0.25, 0.3) is 11.5 Å². The summed E-state index contributed by atoms with van der Waals surface area (Å²) in [6.07, 6.45) is 6.10. The van der Waals surface area contributed by atoms with Crippen molar-refractivity contribution in [3.8, 4) is 11.5 Å². The van der Waals surface area contributed by atoms with Gasteiger partial charge in [0.05, 0.1) is 5.92 Å². The second-order valence-corrected chi connectivity index (χ2v) is 7.17. The lowest BCUT2D eigenvalue weighted by Crippen LogP contribution is -2.25. The predicted octanol–water partition coefficient (Wildman–Crippen LogP) is 1.32. The molecule has 4 heterocycles. The second kappa shape index (κ2) is 9.03. The van der Waals surface area contributed by atoms with E-state index in [9.17, 15) is 4.79 Å². The number of hydrogen-bond donors (Lipinski definition) is 3. The van der Waals surface area contributed by atoms with Crippen LogP contribution in [0, 0.1) is 11.8 Å². The summed E-state index contributed by atoms with van der Waals surface area (Å²) < 4.78 is 5.40. The highest BCUT2D eigenvalue weighted by atomic mass is 16.5. The number of hydrogen-bond acceptors (Lipinski definition) is 8. The third-order valence-corrected chi connectivity index (χ3v) is 5.15. The molecule has 0 saturated carbocycles. The summed E-state index contributed by atoms with van der Waals surface area (Å²) in [4.78, 5) is 29.6. The van der Waals surface area contributed by atoms with Crippen LogP contribution in [0.2, 0.25) is 0 Å². The van der Waals surface area contributed by atoms with Gasteiger partial charge in [0.2, 0.25) is 5.91 Å². The molecule has 2 fully saturated rings. The van der Waals surface area contributed by atoms with Crippen LogP contribution in [-0.4, -0.2) is 58.7 Å². The van der Waals surface area contributed by atoms with Crippen LogP contribution in [-0.2, 0) is 9.53 Å². The zero-order chi connectivity index (χ0) is 19.2. The predicted molar refractivity (Wildman–Crippen MR) is 105 cm³/mol. The zero-order valence-electron chi connectivity index (χ0n) is 15.7. The lowest BCUT2D eigenvalue weighted by Gasteiger charge is -2.22. The molecule has 2 aliphatic rings. The molecule has 9 nitrogen and oxygen atoms in total. The standard InChI is InChI=1S/C19H25N7O2/c27-19(14-1-5-20-11-14)26-17-9-15(23-12-24-17)18-21-6-2-16(25-18)22-10-13-3-7-28-8-4-13/h2,6,9,12-14,20H,1,3-5,7-8,10-11H2,(H,21,22,25)(H,23,24,26,27)/t14-/m1/s1. The summed E-state index contributed by atoms with van der Waals surface area (Å²) in [5, 5.41) is 9.44. The molecule has 28 heavy (non-hydrogen) atoms. The van der Waals surface area contributed by atoms with Gasteiger partial charge in [0.25, 0.3) is 0 Å². The summed E-state index contributed by atoms with van der Waals surface area (Å²) in [7, 11) is 0. The topological polar surface area (TPSA) is 114 Å². The first kappa shape index (κ1) is 18.7. The van der Waals surface area contributed by atoms with Crippen molar-refractivity contribution >= 4 is 17.5 Å². The van der Waals surface area contributed by atoms with Gasteiger partial charge in [0.15, 0.2) is 5.82 Å². The third-order valence-electron chi connectivity index (χ3n) is 5.15. The van der Waals surface area contributed by atoms with Gasteiger partial charge in [-0.1, -0.05) is 0 Å². The van der Waals surface area contributed by atoms with Gasteiger partial charge in [-0.05, 0) is 37.8 Å². The molecule has 148 valence electrons. The lowest BCUT2D eigenvalue weighted by atomic mass is 10.0. The fourth-order valence-corrected chi connectivity index (χ4v) is 3.43. The number of carbonyl (C=O) groups excluding carboxylic acids is 1. The van der Waals surface area contributed by atoms with Crippen LogP contribution in [0.5, 0.6) is 0 Å². The van der Waals surface area contributed by atoms with Crippen molar-refractivity contribution in [2.45, 2.75) is 19.3 Å². The summed E-state index contributed by atoms with van der Waals surface area (Å²) >= 11 is 0. The highest BCUT2D eigenvalue weighted by Gasteiger charge is 2.23. The van der Waals surface area contributed by atoms with E-state index in [4.69, 9.17) is 4.74 Å². The number of rotatable bonds is 6. The van der Waals surface area contributed by atoms with Gasteiger partial charge in [-0.2, -0.15) is 0 Å². The first-order chi connectivity index (χ1) is 13.8. The summed E-state index contributed by atoms with van der Waals surface area (Å²) in [6.45, 7) is 4.09. The van der Waals surface area contributed by atoms with Crippen molar-refractivity contribution in [1.29, 1.82) is 0 Å². The number of anilines is 2. The van der Waals surface area contributed by atoms with Crippen molar-refractivity contribution in [3.63, 3.8) is 0 Å². The van der Waals surface area contributed by atoms with Gasteiger partial charge in [-0.15, -0.1) is 0 Å². The first-order valence-corrected chi connectivity index (χ1v) is 9.76. The Labute approximate surface area is 163 Å². The van der Waals surface area contributed by atoms with Gasteiger partial charge in [0.1, 0.15) is 23.7 Å². The van der Waals surface area contributed by atoms with Gasteiger partial charge < -0.3 is 20.7 Å². The van der Waals surface area contributed by atoms with Crippen molar-refractivity contribution in [2.24, 2.45) is 11.8 Å². The van der Waals surface area contributed by atoms with Crippen LogP contribution in [0.3, 0.4) is 0 Å². The van der Waals surface area contributed by atoms with Crippen LogP contribution in [0.1, 0.15) is 19.3 Å². The molecule has 0 bridgehead atoms. The summed E-state index contributed by atoms with van der Waals surface area (Å²) in [6, 6.07) is 3.55. The minimum absolute atomic E-state index is 0.0209.